The van der Waals surface area contributed by atoms with Crippen molar-refractivity contribution in [3.63, 3.8) is 0 Å². The molecule has 0 saturated heterocycles. The number of carbonyl (C=O) groups excluding carboxylic acids is 2. The second-order valence-corrected chi connectivity index (χ2v) is 9.29. The van der Waals surface area contributed by atoms with Crippen molar-refractivity contribution in [2.24, 2.45) is 5.92 Å². The van der Waals surface area contributed by atoms with Gasteiger partial charge in [0.2, 0.25) is 11.8 Å². The molecule has 2 heterocycles. The zero-order valence-corrected chi connectivity index (χ0v) is 18.3. The number of amides is 2. The summed E-state index contributed by atoms with van der Waals surface area (Å²) in [5, 5.41) is 2.12. The quantitative estimate of drug-likeness (QED) is 0.627. The Morgan fingerprint density at radius 1 is 1.13 bits per heavy atom. The first-order valence-corrected chi connectivity index (χ1v) is 11.9. The van der Waals surface area contributed by atoms with Crippen LogP contribution in [0.4, 0.5) is 0 Å². The van der Waals surface area contributed by atoms with Gasteiger partial charge >= 0.3 is 0 Å². The summed E-state index contributed by atoms with van der Waals surface area (Å²) in [5.74, 6) is 0.195. The number of carbonyl (C=O) groups is 2. The SMILES string of the molecule is C=CCN(CC(=O)N1CCc2sccc2C1c1ccccc1)C(=O)C1CCCCC1. The molecule has 0 radical (unpaired) electrons. The standard InChI is InChI=1S/C25H30N2O2S/c1-2-15-26(25(29)20-11-7-4-8-12-20)18-23(28)27-16-13-22-21(14-17-30-22)24(27)19-9-5-3-6-10-19/h2-3,5-6,9-10,14,17,20,24H,1,4,7-8,11-13,15-16,18H2. The lowest BCUT2D eigenvalue weighted by Crippen LogP contribution is -2.48. The van der Waals surface area contributed by atoms with Crippen molar-refractivity contribution in [3.8, 4) is 0 Å². The maximum atomic E-state index is 13.5. The van der Waals surface area contributed by atoms with Crippen LogP contribution in [0.25, 0.3) is 0 Å². The highest BCUT2D eigenvalue weighted by Gasteiger charge is 2.34. The van der Waals surface area contributed by atoms with Gasteiger partial charge in [-0.3, -0.25) is 9.59 Å². The first-order chi connectivity index (χ1) is 14.7. The van der Waals surface area contributed by atoms with E-state index in [1.807, 2.05) is 23.1 Å². The molecule has 1 aromatic carbocycles. The van der Waals surface area contributed by atoms with Crippen molar-refractivity contribution in [2.75, 3.05) is 19.6 Å². The molecule has 2 aliphatic rings. The second-order valence-electron chi connectivity index (χ2n) is 8.29. The second kappa shape index (κ2) is 9.61. The number of rotatable bonds is 6. The minimum atomic E-state index is -0.0796. The summed E-state index contributed by atoms with van der Waals surface area (Å²) in [5.41, 5.74) is 2.35. The van der Waals surface area contributed by atoms with Crippen LogP contribution in [0.1, 0.15) is 54.1 Å². The highest BCUT2D eigenvalue weighted by molar-refractivity contribution is 7.10. The Kier molecular flexibility index (Phi) is 6.68. The fourth-order valence-electron chi connectivity index (χ4n) is 4.83. The van der Waals surface area contributed by atoms with E-state index in [2.05, 4.69) is 30.2 Å². The maximum absolute atomic E-state index is 13.5. The molecular weight excluding hydrogens is 392 g/mol. The van der Waals surface area contributed by atoms with Crippen molar-refractivity contribution >= 4 is 23.2 Å². The molecule has 1 aromatic heterocycles. The average Bonchev–Trinajstić information content (AvgIpc) is 3.27. The van der Waals surface area contributed by atoms with E-state index in [-0.39, 0.29) is 30.3 Å². The molecule has 1 aliphatic carbocycles. The molecule has 2 amide bonds. The van der Waals surface area contributed by atoms with Crippen LogP contribution in [0.15, 0.2) is 54.4 Å². The number of thiophene rings is 1. The van der Waals surface area contributed by atoms with E-state index in [9.17, 15) is 9.59 Å². The summed E-state index contributed by atoms with van der Waals surface area (Å²) < 4.78 is 0. The topological polar surface area (TPSA) is 40.6 Å². The number of benzene rings is 1. The summed E-state index contributed by atoms with van der Waals surface area (Å²) in [7, 11) is 0. The Bertz CT molecular complexity index is 886. The lowest BCUT2D eigenvalue weighted by atomic mass is 9.88. The minimum Gasteiger partial charge on any atom is -0.330 e. The summed E-state index contributed by atoms with van der Waals surface area (Å²) in [6, 6.07) is 12.3. The fourth-order valence-corrected chi connectivity index (χ4v) is 5.73. The van der Waals surface area contributed by atoms with Crippen molar-refractivity contribution in [1.82, 2.24) is 9.80 Å². The molecule has 1 aliphatic heterocycles. The number of hydrogen-bond acceptors (Lipinski definition) is 3. The molecule has 4 nitrogen and oxygen atoms in total. The van der Waals surface area contributed by atoms with Gasteiger partial charge in [-0.15, -0.1) is 17.9 Å². The Hall–Kier alpha value is -2.40. The van der Waals surface area contributed by atoms with E-state index in [0.29, 0.717) is 13.1 Å². The Morgan fingerprint density at radius 3 is 2.63 bits per heavy atom. The van der Waals surface area contributed by atoms with Gasteiger partial charge in [0.1, 0.15) is 6.54 Å². The predicted molar refractivity (Wildman–Crippen MR) is 121 cm³/mol. The van der Waals surface area contributed by atoms with Crippen LogP contribution in [-0.4, -0.2) is 41.2 Å². The van der Waals surface area contributed by atoms with Crippen LogP contribution in [0.5, 0.6) is 0 Å². The molecule has 0 bridgehead atoms. The van der Waals surface area contributed by atoms with E-state index in [4.69, 9.17) is 0 Å². The number of nitrogens with zero attached hydrogens (tertiary/aromatic N) is 2. The third-order valence-electron chi connectivity index (χ3n) is 6.34. The van der Waals surface area contributed by atoms with Crippen molar-refractivity contribution in [1.29, 1.82) is 0 Å². The third-order valence-corrected chi connectivity index (χ3v) is 7.34. The molecule has 0 spiro atoms. The summed E-state index contributed by atoms with van der Waals surface area (Å²) in [4.78, 5) is 31.7. The molecule has 1 fully saturated rings. The largest absolute Gasteiger partial charge is 0.330 e. The maximum Gasteiger partial charge on any atom is 0.243 e. The summed E-state index contributed by atoms with van der Waals surface area (Å²) >= 11 is 1.77. The van der Waals surface area contributed by atoms with Crippen LogP contribution >= 0.6 is 11.3 Å². The molecule has 5 heteroatoms. The summed E-state index contributed by atoms with van der Waals surface area (Å²) in [6.07, 6.45) is 7.91. The van der Waals surface area contributed by atoms with Crippen LogP contribution in [0.3, 0.4) is 0 Å². The Balaban J connectivity index is 1.55. The molecule has 158 valence electrons. The van der Waals surface area contributed by atoms with Gasteiger partial charge in [0, 0.05) is 23.9 Å². The lowest BCUT2D eigenvalue weighted by Gasteiger charge is -2.38. The third kappa shape index (κ3) is 4.36. The van der Waals surface area contributed by atoms with E-state index < -0.39 is 0 Å². The van der Waals surface area contributed by atoms with Crippen LogP contribution in [-0.2, 0) is 16.0 Å². The van der Waals surface area contributed by atoms with Gasteiger partial charge in [0.05, 0.1) is 6.04 Å². The number of hydrogen-bond donors (Lipinski definition) is 0. The van der Waals surface area contributed by atoms with Crippen molar-refractivity contribution in [3.05, 3.63) is 70.4 Å². The van der Waals surface area contributed by atoms with Gasteiger partial charge in [-0.2, -0.15) is 0 Å². The molecule has 30 heavy (non-hydrogen) atoms. The van der Waals surface area contributed by atoms with Gasteiger partial charge in [-0.1, -0.05) is 55.7 Å². The van der Waals surface area contributed by atoms with Crippen LogP contribution in [0.2, 0.25) is 0 Å². The predicted octanol–water partition coefficient (Wildman–Crippen LogP) is 4.82. The molecule has 1 saturated carbocycles. The summed E-state index contributed by atoms with van der Waals surface area (Å²) in [6.45, 7) is 5.06. The first kappa shape index (κ1) is 20.9. The minimum absolute atomic E-state index is 0.0201. The first-order valence-electron chi connectivity index (χ1n) is 11.0. The molecule has 1 atom stereocenters. The monoisotopic (exact) mass is 422 g/mol. The van der Waals surface area contributed by atoms with Crippen LogP contribution in [0, 0.1) is 5.92 Å². The van der Waals surface area contributed by atoms with E-state index in [0.717, 1.165) is 37.7 Å². The lowest BCUT2D eigenvalue weighted by molar-refractivity contribution is -0.144. The van der Waals surface area contributed by atoms with Crippen LogP contribution < -0.4 is 0 Å². The molecular formula is C25H30N2O2S. The van der Waals surface area contributed by atoms with E-state index >= 15 is 0 Å². The highest BCUT2D eigenvalue weighted by Crippen LogP contribution is 2.37. The average molecular weight is 423 g/mol. The normalized spacial score (nSPS) is 19.2. The van der Waals surface area contributed by atoms with Gasteiger partial charge < -0.3 is 9.80 Å². The van der Waals surface area contributed by atoms with Gasteiger partial charge in [-0.05, 0) is 41.8 Å². The fraction of sp³-hybridized carbons (Fsp3) is 0.440. The highest BCUT2D eigenvalue weighted by atomic mass is 32.1. The van der Waals surface area contributed by atoms with Gasteiger partial charge in [-0.25, -0.2) is 0 Å². The molecule has 0 N–H and O–H groups in total. The Morgan fingerprint density at radius 2 is 1.90 bits per heavy atom. The zero-order chi connectivity index (χ0) is 20.9. The van der Waals surface area contributed by atoms with Gasteiger partial charge in [0.15, 0.2) is 0 Å². The van der Waals surface area contributed by atoms with Crippen molar-refractivity contribution < 1.29 is 9.59 Å². The molecule has 4 rings (SSSR count). The van der Waals surface area contributed by atoms with E-state index in [1.54, 1.807) is 22.3 Å². The molecule has 2 aromatic rings. The molecule has 1 unspecified atom stereocenters. The number of fused-ring (bicyclic) bond motifs is 1. The van der Waals surface area contributed by atoms with Gasteiger partial charge in [0.25, 0.3) is 0 Å². The zero-order valence-electron chi connectivity index (χ0n) is 17.5. The Labute approximate surface area is 183 Å². The van der Waals surface area contributed by atoms with E-state index in [1.165, 1.54) is 16.9 Å². The smallest absolute Gasteiger partial charge is 0.243 e. The van der Waals surface area contributed by atoms with Crippen molar-refractivity contribution in [2.45, 2.75) is 44.6 Å².